The van der Waals surface area contributed by atoms with Crippen molar-refractivity contribution >= 4 is 5.97 Å². The van der Waals surface area contributed by atoms with Gasteiger partial charge < -0.3 is 9.47 Å². The number of carbonyl (C=O) groups is 1. The molecule has 1 rings (SSSR count). The molecule has 0 radical (unpaired) electrons. The smallest absolute Gasteiger partial charge is 0.338 e. The quantitative estimate of drug-likeness (QED) is 0.420. The third-order valence-electron chi connectivity index (χ3n) is 1.88. The summed E-state index contributed by atoms with van der Waals surface area (Å²) in [5, 5.41) is 0. The first kappa shape index (κ1) is 12.3. The van der Waals surface area contributed by atoms with Crippen LogP contribution in [-0.4, -0.2) is 19.2 Å². The zero-order valence-electron chi connectivity index (χ0n) is 9.39. The van der Waals surface area contributed by atoms with Crippen LogP contribution in [0.4, 0.5) is 0 Å². The van der Waals surface area contributed by atoms with E-state index in [1.165, 1.54) is 0 Å². The molecule has 3 nitrogen and oxygen atoms in total. The summed E-state index contributed by atoms with van der Waals surface area (Å²) in [5.41, 5.74) is 0.580. The molecule has 0 N–H and O–H groups in total. The number of allylic oxidation sites excluding steroid dienone is 1. The van der Waals surface area contributed by atoms with Crippen LogP contribution >= 0.6 is 0 Å². The molecule has 86 valence electrons. The lowest BCUT2D eigenvalue weighted by atomic mass is 10.2. The van der Waals surface area contributed by atoms with Gasteiger partial charge in [0.1, 0.15) is 0 Å². The molecule has 0 aliphatic carbocycles. The maximum atomic E-state index is 11.5. The topological polar surface area (TPSA) is 35.5 Å². The molecule has 0 saturated carbocycles. The highest BCUT2D eigenvalue weighted by atomic mass is 16.5. The number of carbonyl (C=O) groups excluding carboxylic acids is 1. The van der Waals surface area contributed by atoms with Gasteiger partial charge >= 0.3 is 5.97 Å². The fraction of sp³-hybridized carbons (Fsp3) is 0.308. The molecule has 0 amide bonds. The van der Waals surface area contributed by atoms with E-state index < -0.39 is 0 Å². The van der Waals surface area contributed by atoms with E-state index in [1.54, 1.807) is 18.4 Å². The maximum Gasteiger partial charge on any atom is 0.338 e. The molecular weight excluding hydrogens is 204 g/mol. The lowest BCUT2D eigenvalue weighted by Crippen LogP contribution is -2.07. The zero-order valence-corrected chi connectivity index (χ0v) is 9.39. The molecule has 0 bridgehead atoms. The summed E-state index contributed by atoms with van der Waals surface area (Å²) in [4.78, 5) is 11.5. The summed E-state index contributed by atoms with van der Waals surface area (Å²) in [7, 11) is 0. The van der Waals surface area contributed by atoms with Gasteiger partial charge in [0.15, 0.2) is 0 Å². The van der Waals surface area contributed by atoms with Crippen LogP contribution in [0.5, 0.6) is 0 Å². The summed E-state index contributed by atoms with van der Waals surface area (Å²) >= 11 is 0. The number of benzene rings is 1. The minimum absolute atomic E-state index is 0.286. The minimum atomic E-state index is -0.286. The Hall–Kier alpha value is -1.77. The van der Waals surface area contributed by atoms with Gasteiger partial charge in [-0.25, -0.2) is 4.79 Å². The van der Waals surface area contributed by atoms with Crippen LogP contribution in [-0.2, 0) is 9.47 Å². The summed E-state index contributed by atoms with van der Waals surface area (Å²) in [5.74, 6) is -0.286. The van der Waals surface area contributed by atoms with Gasteiger partial charge in [-0.3, -0.25) is 0 Å². The number of hydrogen-bond donors (Lipinski definition) is 0. The molecule has 0 saturated heterocycles. The first-order chi connectivity index (χ1) is 7.84. The van der Waals surface area contributed by atoms with Crippen molar-refractivity contribution in [2.75, 3.05) is 13.2 Å². The molecule has 1 aromatic rings. The van der Waals surface area contributed by atoms with E-state index in [0.29, 0.717) is 25.2 Å². The van der Waals surface area contributed by atoms with Crippen LogP contribution in [0, 0.1) is 0 Å². The van der Waals surface area contributed by atoms with Crippen LogP contribution in [0.3, 0.4) is 0 Å². The second kappa shape index (κ2) is 7.51. The molecular formula is C13H16O3. The predicted molar refractivity (Wildman–Crippen MR) is 62.1 cm³/mol. The highest BCUT2D eigenvalue weighted by Gasteiger charge is 2.04. The number of esters is 1. The van der Waals surface area contributed by atoms with Crippen molar-refractivity contribution in [3.05, 3.63) is 48.2 Å². The van der Waals surface area contributed by atoms with Crippen molar-refractivity contribution in [3.63, 3.8) is 0 Å². The lowest BCUT2D eigenvalue weighted by Gasteiger charge is -2.04. The van der Waals surface area contributed by atoms with Gasteiger partial charge in [0.25, 0.3) is 0 Å². The Morgan fingerprint density at radius 1 is 1.25 bits per heavy atom. The van der Waals surface area contributed by atoms with Crippen molar-refractivity contribution in [2.45, 2.75) is 13.3 Å². The average molecular weight is 220 g/mol. The zero-order chi connectivity index (χ0) is 11.6. The lowest BCUT2D eigenvalue weighted by molar-refractivity contribution is 0.0478. The molecule has 0 aromatic heterocycles. The van der Waals surface area contributed by atoms with Crippen molar-refractivity contribution in [1.82, 2.24) is 0 Å². The van der Waals surface area contributed by atoms with Crippen LogP contribution in [0.15, 0.2) is 42.7 Å². The number of ether oxygens (including phenoxy) is 2. The molecule has 0 heterocycles. The third kappa shape index (κ3) is 4.64. The van der Waals surface area contributed by atoms with Crippen LogP contribution < -0.4 is 0 Å². The molecule has 0 fully saturated rings. The van der Waals surface area contributed by atoms with Gasteiger partial charge in [0.05, 0.1) is 25.0 Å². The van der Waals surface area contributed by atoms with Crippen LogP contribution in [0.25, 0.3) is 0 Å². The summed E-state index contributed by atoms with van der Waals surface area (Å²) in [6.07, 6.45) is 4.14. The van der Waals surface area contributed by atoms with Crippen LogP contribution in [0.2, 0.25) is 0 Å². The Labute approximate surface area is 95.7 Å². The Balaban J connectivity index is 2.16. The highest BCUT2D eigenvalue weighted by molar-refractivity contribution is 5.89. The van der Waals surface area contributed by atoms with Gasteiger partial charge in [-0.05, 0) is 19.1 Å². The molecule has 0 spiro atoms. The van der Waals surface area contributed by atoms with Crippen LogP contribution in [0.1, 0.15) is 23.7 Å². The Morgan fingerprint density at radius 3 is 2.69 bits per heavy atom. The summed E-state index contributed by atoms with van der Waals surface area (Å²) in [6, 6.07) is 8.95. The van der Waals surface area contributed by atoms with E-state index in [1.807, 2.05) is 31.2 Å². The predicted octanol–water partition coefficient (Wildman–Crippen LogP) is 2.78. The van der Waals surface area contributed by atoms with E-state index in [-0.39, 0.29) is 5.97 Å². The molecule has 16 heavy (non-hydrogen) atoms. The van der Waals surface area contributed by atoms with Gasteiger partial charge in [-0.2, -0.15) is 0 Å². The Bertz CT molecular complexity index is 330. The SMILES string of the molecule is CC=COCCCOC(=O)c1ccccc1. The molecule has 0 aliphatic heterocycles. The fourth-order valence-electron chi connectivity index (χ4n) is 1.13. The second-order valence-corrected chi connectivity index (χ2v) is 3.20. The monoisotopic (exact) mass is 220 g/mol. The van der Waals surface area contributed by atoms with Crippen molar-refractivity contribution < 1.29 is 14.3 Å². The first-order valence-corrected chi connectivity index (χ1v) is 5.29. The van der Waals surface area contributed by atoms with Crippen molar-refractivity contribution in [2.24, 2.45) is 0 Å². The van der Waals surface area contributed by atoms with E-state index in [2.05, 4.69) is 0 Å². The average Bonchev–Trinajstić information content (AvgIpc) is 2.34. The van der Waals surface area contributed by atoms with Gasteiger partial charge in [0.2, 0.25) is 0 Å². The molecule has 3 heteroatoms. The normalized spacial score (nSPS) is 10.3. The van der Waals surface area contributed by atoms with E-state index >= 15 is 0 Å². The molecule has 0 atom stereocenters. The van der Waals surface area contributed by atoms with E-state index in [9.17, 15) is 4.79 Å². The molecule has 1 aromatic carbocycles. The van der Waals surface area contributed by atoms with E-state index in [4.69, 9.17) is 9.47 Å². The molecule has 0 unspecified atom stereocenters. The number of hydrogen-bond acceptors (Lipinski definition) is 3. The summed E-state index contributed by atoms with van der Waals surface area (Å²) in [6.45, 7) is 2.83. The first-order valence-electron chi connectivity index (χ1n) is 5.29. The Morgan fingerprint density at radius 2 is 2.00 bits per heavy atom. The van der Waals surface area contributed by atoms with Crippen molar-refractivity contribution in [1.29, 1.82) is 0 Å². The second-order valence-electron chi connectivity index (χ2n) is 3.20. The highest BCUT2D eigenvalue weighted by Crippen LogP contribution is 2.01. The standard InChI is InChI=1S/C13H16O3/c1-2-9-15-10-6-11-16-13(14)12-7-4-3-5-8-12/h2-5,7-9H,6,10-11H2,1H3. The molecule has 0 aliphatic rings. The van der Waals surface area contributed by atoms with Gasteiger partial charge in [-0.1, -0.05) is 24.3 Å². The van der Waals surface area contributed by atoms with Gasteiger partial charge in [0, 0.05) is 6.42 Å². The largest absolute Gasteiger partial charge is 0.501 e. The van der Waals surface area contributed by atoms with E-state index in [0.717, 1.165) is 0 Å². The fourth-order valence-corrected chi connectivity index (χ4v) is 1.13. The van der Waals surface area contributed by atoms with Crippen molar-refractivity contribution in [3.8, 4) is 0 Å². The van der Waals surface area contributed by atoms with Gasteiger partial charge in [-0.15, -0.1) is 0 Å². The number of rotatable bonds is 6. The third-order valence-corrected chi connectivity index (χ3v) is 1.88. The Kier molecular flexibility index (Phi) is 5.78. The minimum Gasteiger partial charge on any atom is -0.501 e. The summed E-state index contributed by atoms with van der Waals surface area (Å²) < 4.78 is 10.2. The maximum absolute atomic E-state index is 11.5.